The zero-order valence-electron chi connectivity index (χ0n) is 23.1. The molecule has 2 aliphatic heterocycles. The topological polar surface area (TPSA) is 70.1 Å². The van der Waals surface area contributed by atoms with Crippen molar-refractivity contribution in [1.82, 2.24) is 0 Å². The zero-order chi connectivity index (χ0) is 27.6. The molecule has 0 radical (unpaired) electrons. The molecule has 5 rings (SSSR count). The Morgan fingerprint density at radius 1 is 0.763 bits per heavy atom. The van der Waals surface area contributed by atoms with Gasteiger partial charge in [0.05, 0.1) is 17.4 Å². The largest absolute Gasteiger partial charge is 0.507 e. The van der Waals surface area contributed by atoms with Crippen molar-refractivity contribution in [2.24, 2.45) is 5.92 Å². The van der Waals surface area contributed by atoms with Crippen LogP contribution in [0.15, 0.2) is 66.7 Å². The van der Waals surface area contributed by atoms with E-state index in [4.69, 9.17) is 4.84 Å². The minimum absolute atomic E-state index is 0.269. The molecule has 3 atom stereocenters. The Morgan fingerprint density at radius 2 is 1.34 bits per heavy atom. The summed E-state index contributed by atoms with van der Waals surface area (Å²) in [4.78, 5) is 35.3. The number of hydrogen-bond donors (Lipinski definition) is 1. The van der Waals surface area contributed by atoms with Gasteiger partial charge in [-0.15, -0.1) is 0 Å². The van der Waals surface area contributed by atoms with Crippen molar-refractivity contribution in [2.75, 3.05) is 9.96 Å². The third-order valence-electron chi connectivity index (χ3n) is 7.48. The maximum atomic E-state index is 14.0. The molecule has 0 unspecified atom stereocenters. The lowest BCUT2D eigenvalue weighted by atomic mass is 9.76. The van der Waals surface area contributed by atoms with Gasteiger partial charge >= 0.3 is 0 Å². The Balaban J connectivity index is 1.70. The summed E-state index contributed by atoms with van der Waals surface area (Å²) >= 11 is 0. The van der Waals surface area contributed by atoms with Crippen LogP contribution in [0.1, 0.15) is 69.8 Å². The highest BCUT2D eigenvalue weighted by atomic mass is 16.7. The smallest absolute Gasteiger partial charge is 0.266 e. The standard InChI is InChI=1S/C32H36N2O4/c1-19-12-11-15-22(16-19)33-29(36)25-26(34(38-28(25)30(33)37)21-13-9-8-10-14-21)20-17-23(31(2,3)4)27(35)24(18-20)32(5,6)7/h8-18,25-26,28,35H,1-7H3/t25-,26+,28+/m0/s1. The highest BCUT2D eigenvalue weighted by molar-refractivity contribution is 6.24. The first-order chi connectivity index (χ1) is 17.8. The van der Waals surface area contributed by atoms with Crippen molar-refractivity contribution >= 4 is 23.2 Å². The van der Waals surface area contributed by atoms with Gasteiger partial charge in [0.1, 0.15) is 11.7 Å². The number of imide groups is 1. The van der Waals surface area contributed by atoms with Crippen LogP contribution in [0, 0.1) is 12.8 Å². The zero-order valence-corrected chi connectivity index (χ0v) is 23.1. The summed E-state index contributed by atoms with van der Waals surface area (Å²) in [6, 6.07) is 20.4. The van der Waals surface area contributed by atoms with Gasteiger partial charge in [-0.1, -0.05) is 71.9 Å². The molecule has 2 fully saturated rings. The van der Waals surface area contributed by atoms with Crippen molar-refractivity contribution in [1.29, 1.82) is 0 Å². The molecule has 3 aromatic rings. The van der Waals surface area contributed by atoms with E-state index < -0.39 is 18.1 Å². The average Bonchev–Trinajstić information content (AvgIpc) is 3.34. The van der Waals surface area contributed by atoms with E-state index in [1.807, 2.05) is 67.6 Å². The third kappa shape index (κ3) is 4.27. The Morgan fingerprint density at radius 3 is 1.89 bits per heavy atom. The lowest BCUT2D eigenvalue weighted by molar-refractivity contribution is -0.126. The summed E-state index contributed by atoms with van der Waals surface area (Å²) in [5, 5.41) is 13.0. The highest BCUT2D eigenvalue weighted by Gasteiger charge is 2.60. The highest BCUT2D eigenvalue weighted by Crippen LogP contribution is 2.50. The number of para-hydroxylation sites is 1. The molecule has 2 saturated heterocycles. The van der Waals surface area contributed by atoms with Crippen LogP contribution in [0.25, 0.3) is 0 Å². The summed E-state index contributed by atoms with van der Waals surface area (Å²) in [7, 11) is 0. The number of aryl methyl sites for hydroxylation is 1. The molecule has 6 nitrogen and oxygen atoms in total. The fourth-order valence-corrected chi connectivity index (χ4v) is 5.54. The molecule has 0 bridgehead atoms. The monoisotopic (exact) mass is 512 g/mol. The second-order valence-corrected chi connectivity index (χ2v) is 12.5. The summed E-state index contributed by atoms with van der Waals surface area (Å²) in [5.41, 5.74) is 4.01. The molecular weight excluding hydrogens is 476 g/mol. The Kier molecular flexibility index (Phi) is 6.14. The second-order valence-electron chi connectivity index (χ2n) is 12.5. The lowest BCUT2D eigenvalue weighted by Crippen LogP contribution is -2.37. The van der Waals surface area contributed by atoms with Gasteiger partial charge in [0, 0.05) is 0 Å². The Hall–Kier alpha value is -3.64. The number of amides is 2. The molecule has 0 spiro atoms. The number of fused-ring (bicyclic) bond motifs is 1. The van der Waals surface area contributed by atoms with E-state index >= 15 is 0 Å². The van der Waals surface area contributed by atoms with Crippen LogP contribution in [-0.4, -0.2) is 23.0 Å². The summed E-state index contributed by atoms with van der Waals surface area (Å²) in [5.74, 6) is -1.12. The number of rotatable bonds is 3. The van der Waals surface area contributed by atoms with Crippen LogP contribution in [-0.2, 0) is 25.3 Å². The lowest BCUT2D eigenvalue weighted by Gasteiger charge is -2.33. The number of hydrogen-bond acceptors (Lipinski definition) is 5. The van der Waals surface area contributed by atoms with Gasteiger partial charge in [0.15, 0.2) is 6.10 Å². The predicted molar refractivity (Wildman–Crippen MR) is 149 cm³/mol. The summed E-state index contributed by atoms with van der Waals surface area (Å²) in [6.45, 7) is 14.3. The Bertz CT molecular complexity index is 1370. The van der Waals surface area contributed by atoms with Crippen molar-refractivity contribution < 1.29 is 19.5 Å². The van der Waals surface area contributed by atoms with Gasteiger partial charge in [0.25, 0.3) is 5.91 Å². The number of phenolic OH excluding ortho intramolecular Hbond substituents is 1. The first-order valence-corrected chi connectivity index (χ1v) is 13.1. The van der Waals surface area contributed by atoms with Crippen LogP contribution < -0.4 is 9.96 Å². The average molecular weight is 513 g/mol. The number of aromatic hydroxyl groups is 1. The number of phenols is 1. The minimum Gasteiger partial charge on any atom is -0.507 e. The number of nitrogens with zero attached hydrogens (tertiary/aromatic N) is 2. The van der Waals surface area contributed by atoms with Crippen LogP contribution in [0.2, 0.25) is 0 Å². The first kappa shape index (κ1) is 26.0. The molecule has 1 N–H and O–H groups in total. The van der Waals surface area contributed by atoms with E-state index in [2.05, 4.69) is 41.5 Å². The molecule has 6 heteroatoms. The molecule has 2 aliphatic rings. The second kappa shape index (κ2) is 8.98. The van der Waals surface area contributed by atoms with Crippen molar-refractivity contribution in [3.63, 3.8) is 0 Å². The van der Waals surface area contributed by atoms with Gasteiger partial charge in [-0.05, 0) is 76.4 Å². The number of carbonyl (C=O) groups is 2. The van der Waals surface area contributed by atoms with Crippen LogP contribution in [0.5, 0.6) is 5.75 Å². The number of benzene rings is 3. The molecule has 0 aromatic heterocycles. The van der Waals surface area contributed by atoms with E-state index in [1.54, 1.807) is 11.1 Å². The van der Waals surface area contributed by atoms with Crippen molar-refractivity contribution in [3.8, 4) is 5.75 Å². The van der Waals surface area contributed by atoms with E-state index in [1.165, 1.54) is 4.90 Å². The number of hydroxylamine groups is 1. The van der Waals surface area contributed by atoms with E-state index in [-0.39, 0.29) is 28.4 Å². The predicted octanol–water partition coefficient (Wildman–Crippen LogP) is 6.35. The maximum Gasteiger partial charge on any atom is 0.266 e. The van der Waals surface area contributed by atoms with Gasteiger partial charge in [-0.3, -0.25) is 14.4 Å². The van der Waals surface area contributed by atoms with Gasteiger partial charge in [0.2, 0.25) is 5.91 Å². The van der Waals surface area contributed by atoms with Crippen molar-refractivity contribution in [2.45, 2.75) is 71.4 Å². The molecule has 0 saturated carbocycles. The maximum absolute atomic E-state index is 14.0. The molecule has 198 valence electrons. The van der Waals surface area contributed by atoms with E-state index in [9.17, 15) is 14.7 Å². The van der Waals surface area contributed by atoms with Crippen LogP contribution >= 0.6 is 0 Å². The number of anilines is 2. The summed E-state index contributed by atoms with van der Waals surface area (Å²) < 4.78 is 0. The number of carbonyl (C=O) groups excluding carboxylic acids is 2. The van der Waals surface area contributed by atoms with Crippen molar-refractivity contribution in [3.05, 3.63) is 89.0 Å². The minimum atomic E-state index is -0.946. The van der Waals surface area contributed by atoms with Crippen LogP contribution in [0.3, 0.4) is 0 Å². The van der Waals surface area contributed by atoms with E-state index in [0.717, 1.165) is 27.9 Å². The van der Waals surface area contributed by atoms with Crippen LogP contribution in [0.4, 0.5) is 11.4 Å². The Labute approximate surface area is 224 Å². The van der Waals surface area contributed by atoms with Gasteiger partial charge in [-0.2, -0.15) is 0 Å². The quantitative estimate of drug-likeness (QED) is 0.414. The summed E-state index contributed by atoms with van der Waals surface area (Å²) in [6.07, 6.45) is -0.946. The fourth-order valence-electron chi connectivity index (χ4n) is 5.54. The SMILES string of the molecule is Cc1cccc(N2C(=O)[C@H]3[C@@H](c4cc(C(C)(C)C)c(O)c(C(C)(C)C)c4)N(c4ccccc4)O[C@H]3C2=O)c1. The molecule has 0 aliphatic carbocycles. The molecule has 2 heterocycles. The first-order valence-electron chi connectivity index (χ1n) is 13.1. The fraction of sp³-hybridized carbons (Fsp3) is 0.375. The molecule has 2 amide bonds. The molecule has 3 aromatic carbocycles. The van der Waals surface area contributed by atoms with E-state index in [0.29, 0.717) is 5.69 Å². The molecular formula is C32H36N2O4. The van der Waals surface area contributed by atoms with Gasteiger partial charge < -0.3 is 5.11 Å². The third-order valence-corrected chi connectivity index (χ3v) is 7.48. The van der Waals surface area contributed by atoms with Gasteiger partial charge in [-0.25, -0.2) is 9.96 Å². The normalized spacial score (nSPS) is 21.8. The molecule has 38 heavy (non-hydrogen) atoms.